The summed E-state index contributed by atoms with van der Waals surface area (Å²) < 4.78 is 10.5. The van der Waals surface area contributed by atoms with E-state index in [4.69, 9.17) is 9.47 Å². The van der Waals surface area contributed by atoms with Crippen LogP contribution in [-0.2, 0) is 25.7 Å². The number of hydrogen-bond acceptors (Lipinski definition) is 4. The zero-order valence-corrected chi connectivity index (χ0v) is 13.8. The molecule has 0 atom stereocenters. The monoisotopic (exact) mass is 307 g/mol. The molecule has 0 saturated carbocycles. The van der Waals surface area contributed by atoms with Crippen molar-refractivity contribution >= 4 is 17.6 Å². The van der Waals surface area contributed by atoms with Gasteiger partial charge in [-0.3, -0.25) is 9.59 Å². The summed E-state index contributed by atoms with van der Waals surface area (Å²) in [4.78, 5) is 22.7. The van der Waals surface area contributed by atoms with Gasteiger partial charge in [-0.15, -0.1) is 0 Å². The smallest absolute Gasteiger partial charge is 0.302 e. The van der Waals surface area contributed by atoms with Gasteiger partial charge in [0.25, 0.3) is 0 Å². The second-order valence-electron chi connectivity index (χ2n) is 5.72. The van der Waals surface area contributed by atoms with Crippen molar-refractivity contribution in [1.82, 2.24) is 0 Å². The molecule has 1 aromatic rings. The Hall–Kier alpha value is -1.88. The van der Waals surface area contributed by atoms with Crippen molar-refractivity contribution < 1.29 is 19.1 Å². The third kappa shape index (κ3) is 7.22. The highest BCUT2D eigenvalue weighted by Gasteiger charge is 2.19. The minimum atomic E-state index is -0.311. The second kappa shape index (κ2) is 8.54. The topological polar surface area (TPSA) is 64.6 Å². The molecule has 0 radical (unpaired) electrons. The molecular weight excluding hydrogens is 282 g/mol. The number of rotatable bonds is 8. The molecule has 122 valence electrons. The first-order valence-electron chi connectivity index (χ1n) is 7.48. The number of ether oxygens (including phenoxy) is 2. The van der Waals surface area contributed by atoms with Crippen LogP contribution in [0.2, 0.25) is 0 Å². The predicted octanol–water partition coefficient (Wildman–Crippen LogP) is 3.28. The molecule has 0 unspecified atom stereocenters. The third-order valence-electron chi connectivity index (χ3n) is 3.17. The van der Waals surface area contributed by atoms with Crippen LogP contribution >= 0.6 is 0 Å². The molecule has 0 aliphatic heterocycles. The van der Waals surface area contributed by atoms with Crippen LogP contribution in [0.5, 0.6) is 0 Å². The third-order valence-corrected chi connectivity index (χ3v) is 3.17. The molecule has 22 heavy (non-hydrogen) atoms. The first kappa shape index (κ1) is 18.2. The fraction of sp³-hybridized carbons (Fsp3) is 0.529. The Morgan fingerprint density at radius 3 is 2.36 bits per heavy atom. The Kier molecular flexibility index (Phi) is 7.05. The lowest BCUT2D eigenvalue weighted by molar-refractivity contribution is -0.142. The van der Waals surface area contributed by atoms with Gasteiger partial charge < -0.3 is 14.8 Å². The highest BCUT2D eigenvalue weighted by atomic mass is 16.5. The molecule has 0 saturated heterocycles. The SMILES string of the molecule is CCOC(C)(C)CCC(=O)Nc1ccc(COC(C)=O)cc1. The van der Waals surface area contributed by atoms with E-state index in [1.165, 1.54) is 6.92 Å². The van der Waals surface area contributed by atoms with Crippen LogP contribution in [0.15, 0.2) is 24.3 Å². The summed E-state index contributed by atoms with van der Waals surface area (Å²) in [5.74, 6) is -0.352. The van der Waals surface area contributed by atoms with Gasteiger partial charge in [-0.2, -0.15) is 0 Å². The molecule has 5 heteroatoms. The Morgan fingerprint density at radius 2 is 1.82 bits per heavy atom. The average Bonchev–Trinajstić information content (AvgIpc) is 2.44. The van der Waals surface area contributed by atoms with Crippen LogP contribution < -0.4 is 5.32 Å². The molecule has 1 aromatic carbocycles. The molecule has 0 aliphatic rings. The lowest BCUT2D eigenvalue weighted by Gasteiger charge is -2.24. The van der Waals surface area contributed by atoms with Gasteiger partial charge in [0.15, 0.2) is 0 Å². The van der Waals surface area contributed by atoms with E-state index in [-0.39, 0.29) is 24.1 Å². The number of nitrogens with one attached hydrogen (secondary N) is 1. The largest absolute Gasteiger partial charge is 0.461 e. The number of amides is 1. The number of hydrogen-bond donors (Lipinski definition) is 1. The molecule has 1 N–H and O–H groups in total. The lowest BCUT2D eigenvalue weighted by atomic mass is 10.0. The van der Waals surface area contributed by atoms with Gasteiger partial charge >= 0.3 is 5.97 Å². The molecule has 0 heterocycles. The molecular formula is C17H25NO4. The summed E-state index contributed by atoms with van der Waals surface area (Å²) in [6.07, 6.45) is 1.07. The number of carbonyl (C=O) groups excluding carboxylic acids is 2. The van der Waals surface area contributed by atoms with Gasteiger partial charge in [-0.1, -0.05) is 12.1 Å². The molecule has 0 aliphatic carbocycles. The molecule has 0 fully saturated rings. The number of benzene rings is 1. The molecule has 1 amide bonds. The Balaban J connectivity index is 2.43. The van der Waals surface area contributed by atoms with E-state index in [0.29, 0.717) is 19.4 Å². The normalized spacial score (nSPS) is 11.1. The minimum Gasteiger partial charge on any atom is -0.461 e. The van der Waals surface area contributed by atoms with Crippen LogP contribution in [0.3, 0.4) is 0 Å². The van der Waals surface area contributed by atoms with E-state index in [1.807, 2.05) is 32.9 Å². The highest BCUT2D eigenvalue weighted by molar-refractivity contribution is 5.90. The molecule has 1 rings (SSSR count). The van der Waals surface area contributed by atoms with E-state index >= 15 is 0 Å². The quantitative estimate of drug-likeness (QED) is 0.749. The second-order valence-corrected chi connectivity index (χ2v) is 5.72. The minimum absolute atomic E-state index is 0.0412. The maximum absolute atomic E-state index is 11.9. The number of carbonyl (C=O) groups is 2. The van der Waals surface area contributed by atoms with Gasteiger partial charge in [0, 0.05) is 25.6 Å². The Labute approximate surface area is 132 Å². The molecule has 5 nitrogen and oxygen atoms in total. The van der Waals surface area contributed by atoms with Crippen LogP contribution in [0.1, 0.15) is 46.1 Å². The molecule has 0 spiro atoms. The van der Waals surface area contributed by atoms with Gasteiger partial charge in [0.1, 0.15) is 6.61 Å². The maximum Gasteiger partial charge on any atom is 0.302 e. The summed E-state index contributed by atoms with van der Waals surface area (Å²) >= 11 is 0. The van der Waals surface area contributed by atoms with Crippen molar-refractivity contribution in [3.63, 3.8) is 0 Å². The highest BCUT2D eigenvalue weighted by Crippen LogP contribution is 2.17. The number of anilines is 1. The van der Waals surface area contributed by atoms with Crippen LogP contribution in [0.4, 0.5) is 5.69 Å². The van der Waals surface area contributed by atoms with E-state index in [0.717, 1.165) is 11.3 Å². The van der Waals surface area contributed by atoms with Crippen molar-refractivity contribution in [1.29, 1.82) is 0 Å². The fourth-order valence-electron chi connectivity index (χ4n) is 1.97. The van der Waals surface area contributed by atoms with Crippen LogP contribution in [-0.4, -0.2) is 24.1 Å². The van der Waals surface area contributed by atoms with E-state index in [9.17, 15) is 9.59 Å². The maximum atomic E-state index is 11.9. The van der Waals surface area contributed by atoms with Gasteiger partial charge in [-0.25, -0.2) is 0 Å². The fourth-order valence-corrected chi connectivity index (χ4v) is 1.97. The van der Waals surface area contributed by atoms with Crippen molar-refractivity contribution in [2.75, 3.05) is 11.9 Å². The first-order valence-corrected chi connectivity index (χ1v) is 7.48. The van der Waals surface area contributed by atoms with E-state index in [1.54, 1.807) is 12.1 Å². The average molecular weight is 307 g/mol. The Bertz CT molecular complexity index is 494. The van der Waals surface area contributed by atoms with E-state index in [2.05, 4.69) is 5.32 Å². The Morgan fingerprint density at radius 1 is 1.18 bits per heavy atom. The summed E-state index contributed by atoms with van der Waals surface area (Å²) in [7, 11) is 0. The first-order chi connectivity index (χ1) is 10.3. The van der Waals surface area contributed by atoms with Gasteiger partial charge in [0.05, 0.1) is 5.60 Å². The summed E-state index contributed by atoms with van der Waals surface area (Å²) in [5, 5.41) is 2.85. The molecule has 0 bridgehead atoms. The summed E-state index contributed by atoms with van der Waals surface area (Å²) in [6, 6.07) is 7.24. The van der Waals surface area contributed by atoms with Crippen LogP contribution in [0.25, 0.3) is 0 Å². The van der Waals surface area contributed by atoms with Crippen molar-refractivity contribution in [3.05, 3.63) is 29.8 Å². The summed E-state index contributed by atoms with van der Waals surface area (Å²) in [6.45, 7) is 8.16. The van der Waals surface area contributed by atoms with Crippen LogP contribution in [0, 0.1) is 0 Å². The number of esters is 1. The summed E-state index contributed by atoms with van der Waals surface area (Å²) in [5.41, 5.74) is 1.32. The van der Waals surface area contributed by atoms with Crippen molar-refractivity contribution in [3.8, 4) is 0 Å². The van der Waals surface area contributed by atoms with E-state index < -0.39 is 0 Å². The van der Waals surface area contributed by atoms with Crippen molar-refractivity contribution in [2.24, 2.45) is 0 Å². The van der Waals surface area contributed by atoms with Gasteiger partial charge in [0.2, 0.25) is 5.91 Å². The molecule has 0 aromatic heterocycles. The zero-order valence-electron chi connectivity index (χ0n) is 13.8. The predicted molar refractivity (Wildman–Crippen MR) is 85.5 cm³/mol. The van der Waals surface area contributed by atoms with Crippen molar-refractivity contribution in [2.45, 2.75) is 52.7 Å². The van der Waals surface area contributed by atoms with Gasteiger partial charge in [-0.05, 0) is 44.9 Å². The standard InChI is InChI=1S/C17H25NO4/c1-5-22-17(3,4)11-10-16(20)18-15-8-6-14(7-9-15)12-21-13(2)19/h6-9H,5,10-12H2,1-4H3,(H,18,20). The zero-order chi connectivity index (χ0) is 16.6. The lowest BCUT2D eigenvalue weighted by Crippen LogP contribution is -2.26.